The Labute approximate surface area is 184 Å². The van der Waals surface area contributed by atoms with Crippen LogP contribution in [0.1, 0.15) is 22.4 Å². The summed E-state index contributed by atoms with van der Waals surface area (Å²) in [4.78, 5) is 30.6. The molecule has 0 fully saturated rings. The number of nitro benzene ring substituents is 1. The van der Waals surface area contributed by atoms with E-state index in [-0.39, 0.29) is 5.56 Å². The Balaban J connectivity index is 1.60. The third-order valence-corrected chi connectivity index (χ3v) is 7.49. The first-order chi connectivity index (χ1) is 15.0. The van der Waals surface area contributed by atoms with Gasteiger partial charge >= 0.3 is 5.69 Å². The molecule has 156 valence electrons. The van der Waals surface area contributed by atoms with Crippen LogP contribution >= 0.6 is 23.1 Å². The van der Waals surface area contributed by atoms with Crippen molar-refractivity contribution in [1.29, 1.82) is 0 Å². The molecule has 31 heavy (non-hydrogen) atoms. The predicted molar refractivity (Wildman–Crippen MR) is 120 cm³/mol. The molecule has 0 unspecified atom stereocenters. The summed E-state index contributed by atoms with van der Waals surface area (Å²) in [6, 6.07) is 13.2. The molecular weight excluding hydrogens is 437 g/mol. The minimum absolute atomic E-state index is 0.0943. The maximum Gasteiger partial charge on any atom is 0.305 e. The van der Waals surface area contributed by atoms with Gasteiger partial charge in [-0.05, 0) is 48.6 Å². The summed E-state index contributed by atoms with van der Waals surface area (Å²) in [5, 5.41) is 12.3. The minimum Gasteiger partial charge on any atom is -0.268 e. The van der Waals surface area contributed by atoms with Crippen LogP contribution in [0, 0.1) is 15.9 Å². The van der Waals surface area contributed by atoms with Gasteiger partial charge in [0.1, 0.15) is 4.83 Å². The van der Waals surface area contributed by atoms with Crippen molar-refractivity contribution >= 4 is 39.0 Å². The molecule has 0 amide bonds. The topological polar surface area (TPSA) is 78.0 Å². The maximum atomic E-state index is 13.7. The van der Waals surface area contributed by atoms with Gasteiger partial charge in [-0.2, -0.15) is 4.39 Å². The molecule has 0 saturated heterocycles. The van der Waals surface area contributed by atoms with Gasteiger partial charge in [0.2, 0.25) is 5.82 Å². The van der Waals surface area contributed by atoms with Crippen LogP contribution in [0.15, 0.2) is 58.5 Å². The quantitative estimate of drug-likeness (QED) is 0.178. The Morgan fingerprint density at radius 1 is 1.19 bits per heavy atom. The summed E-state index contributed by atoms with van der Waals surface area (Å²) in [5.41, 5.74) is 1.76. The number of fused-ring (bicyclic) bond motifs is 3. The lowest BCUT2D eigenvalue weighted by molar-refractivity contribution is -0.387. The van der Waals surface area contributed by atoms with Gasteiger partial charge in [0.05, 0.1) is 16.0 Å². The molecule has 5 rings (SSSR count). The van der Waals surface area contributed by atoms with Crippen molar-refractivity contribution in [3.05, 3.63) is 90.8 Å². The van der Waals surface area contributed by atoms with Crippen LogP contribution in [-0.4, -0.2) is 14.5 Å². The lowest BCUT2D eigenvalue weighted by atomic mass is 10.2. The molecular formula is C22H16FN3O3S2. The predicted octanol–water partition coefficient (Wildman–Crippen LogP) is 5.28. The number of nitrogens with zero attached hydrogens (tertiary/aromatic N) is 3. The van der Waals surface area contributed by atoms with Crippen LogP contribution in [-0.2, 0) is 18.6 Å². The van der Waals surface area contributed by atoms with E-state index in [9.17, 15) is 19.3 Å². The molecule has 2 aromatic carbocycles. The number of benzene rings is 2. The molecule has 9 heteroatoms. The number of halogens is 1. The number of thioether (sulfide) groups is 1. The van der Waals surface area contributed by atoms with E-state index in [0.717, 1.165) is 35.7 Å². The highest BCUT2D eigenvalue weighted by atomic mass is 32.2. The third kappa shape index (κ3) is 3.53. The lowest BCUT2D eigenvalue weighted by Gasteiger charge is -2.12. The van der Waals surface area contributed by atoms with E-state index in [1.165, 1.54) is 28.8 Å². The number of hydrogen-bond donors (Lipinski definition) is 0. The number of nitro groups is 1. The van der Waals surface area contributed by atoms with Gasteiger partial charge in [-0.15, -0.1) is 11.3 Å². The van der Waals surface area contributed by atoms with Gasteiger partial charge < -0.3 is 0 Å². The van der Waals surface area contributed by atoms with Crippen LogP contribution in [0.5, 0.6) is 0 Å². The summed E-state index contributed by atoms with van der Waals surface area (Å²) in [7, 11) is 0. The van der Waals surface area contributed by atoms with Crippen molar-refractivity contribution in [2.45, 2.75) is 30.2 Å². The summed E-state index contributed by atoms with van der Waals surface area (Å²) < 4.78 is 15.3. The minimum atomic E-state index is -0.868. The largest absolute Gasteiger partial charge is 0.305 e. The highest BCUT2D eigenvalue weighted by Crippen LogP contribution is 2.36. The monoisotopic (exact) mass is 453 g/mol. The zero-order valence-corrected chi connectivity index (χ0v) is 17.8. The lowest BCUT2D eigenvalue weighted by Crippen LogP contribution is -2.21. The fourth-order valence-electron chi connectivity index (χ4n) is 3.86. The van der Waals surface area contributed by atoms with Crippen LogP contribution in [0.4, 0.5) is 10.1 Å². The Kier molecular flexibility index (Phi) is 5.07. The Morgan fingerprint density at radius 3 is 2.77 bits per heavy atom. The highest BCUT2D eigenvalue weighted by molar-refractivity contribution is 7.98. The smallest absolute Gasteiger partial charge is 0.268 e. The van der Waals surface area contributed by atoms with E-state index in [4.69, 9.17) is 4.98 Å². The number of para-hydroxylation sites is 1. The highest BCUT2D eigenvalue weighted by Gasteiger charge is 2.24. The van der Waals surface area contributed by atoms with Crippen molar-refractivity contribution in [3.8, 4) is 5.69 Å². The molecule has 4 aromatic rings. The summed E-state index contributed by atoms with van der Waals surface area (Å²) in [6.45, 7) is 0. The van der Waals surface area contributed by atoms with Crippen LogP contribution in [0.25, 0.3) is 15.9 Å². The molecule has 0 saturated carbocycles. The van der Waals surface area contributed by atoms with Gasteiger partial charge in [0, 0.05) is 16.7 Å². The van der Waals surface area contributed by atoms with E-state index >= 15 is 0 Å². The van der Waals surface area contributed by atoms with E-state index in [1.54, 1.807) is 15.9 Å². The van der Waals surface area contributed by atoms with E-state index < -0.39 is 16.4 Å². The normalized spacial score (nSPS) is 12.9. The van der Waals surface area contributed by atoms with Crippen LogP contribution < -0.4 is 5.56 Å². The second kappa shape index (κ2) is 7.90. The first-order valence-corrected chi connectivity index (χ1v) is 11.5. The van der Waals surface area contributed by atoms with Gasteiger partial charge in [-0.1, -0.05) is 36.0 Å². The Morgan fingerprint density at radius 2 is 2.00 bits per heavy atom. The van der Waals surface area contributed by atoms with Crippen LogP contribution in [0.3, 0.4) is 0 Å². The van der Waals surface area contributed by atoms with Gasteiger partial charge in [-0.3, -0.25) is 19.5 Å². The number of aromatic nitrogens is 2. The summed E-state index contributed by atoms with van der Waals surface area (Å²) >= 11 is 2.88. The molecule has 0 atom stereocenters. The van der Waals surface area contributed by atoms with Gasteiger partial charge in [0.25, 0.3) is 5.56 Å². The number of thiophene rings is 1. The number of aryl methyl sites for hydroxylation is 2. The van der Waals surface area contributed by atoms with Crippen molar-refractivity contribution < 1.29 is 9.31 Å². The Bertz CT molecular complexity index is 1380. The standard InChI is InChI=1S/C22H16FN3O3S2/c23-16-10-9-13(11-17(16)26(28)29)12-30-22-24-20-19(15-7-4-8-18(15)31-20)21(27)25(22)14-5-2-1-3-6-14/h1-3,5-6,9-11H,4,7-8,12H2. The van der Waals surface area contributed by atoms with Gasteiger partial charge in [0.15, 0.2) is 5.16 Å². The van der Waals surface area contributed by atoms with Gasteiger partial charge in [-0.25, -0.2) is 4.98 Å². The summed E-state index contributed by atoms with van der Waals surface area (Å²) in [5.74, 6) is -0.552. The molecule has 0 aliphatic heterocycles. The average molecular weight is 454 g/mol. The zero-order valence-electron chi connectivity index (χ0n) is 16.2. The zero-order chi connectivity index (χ0) is 21.5. The molecule has 1 aliphatic carbocycles. The molecule has 0 N–H and O–H groups in total. The second-order valence-electron chi connectivity index (χ2n) is 7.24. The van der Waals surface area contributed by atoms with Crippen LogP contribution in [0.2, 0.25) is 0 Å². The van der Waals surface area contributed by atoms with Crippen molar-refractivity contribution in [2.75, 3.05) is 0 Å². The first kappa shape index (κ1) is 19.9. The molecule has 2 heterocycles. The fourth-order valence-corrected chi connectivity index (χ4v) is 6.12. The molecule has 0 spiro atoms. The maximum absolute atomic E-state index is 13.7. The second-order valence-corrected chi connectivity index (χ2v) is 9.27. The molecule has 2 aromatic heterocycles. The van der Waals surface area contributed by atoms with E-state index in [2.05, 4.69) is 0 Å². The van der Waals surface area contributed by atoms with Crippen molar-refractivity contribution in [1.82, 2.24) is 9.55 Å². The number of rotatable bonds is 5. The number of hydrogen-bond acceptors (Lipinski definition) is 6. The average Bonchev–Trinajstić information content (AvgIpc) is 3.34. The molecule has 0 bridgehead atoms. The molecule has 6 nitrogen and oxygen atoms in total. The molecule has 0 radical (unpaired) electrons. The van der Waals surface area contributed by atoms with Crippen molar-refractivity contribution in [3.63, 3.8) is 0 Å². The molecule has 1 aliphatic rings. The van der Waals surface area contributed by atoms with E-state index in [1.807, 2.05) is 30.3 Å². The fraction of sp³-hybridized carbons (Fsp3) is 0.182. The Hall–Kier alpha value is -3.04. The van der Waals surface area contributed by atoms with Crippen molar-refractivity contribution in [2.24, 2.45) is 0 Å². The SMILES string of the molecule is O=c1c2c3c(sc2nc(SCc2ccc(F)c([N+](=O)[O-])c2)n1-c1ccccc1)CCC3. The van der Waals surface area contributed by atoms with E-state index in [0.29, 0.717) is 27.5 Å². The first-order valence-electron chi connectivity index (χ1n) is 9.71. The summed E-state index contributed by atoms with van der Waals surface area (Å²) in [6.07, 6.45) is 2.93. The third-order valence-electron chi connectivity index (χ3n) is 5.30.